The van der Waals surface area contributed by atoms with Gasteiger partial charge < -0.3 is 5.32 Å². The third kappa shape index (κ3) is 5.80. The summed E-state index contributed by atoms with van der Waals surface area (Å²) in [5.41, 5.74) is 1.27. The first-order valence-corrected chi connectivity index (χ1v) is 8.32. The van der Waals surface area contributed by atoms with E-state index in [1.54, 1.807) is 6.26 Å². The Morgan fingerprint density at radius 1 is 1.41 bits per heavy atom. The van der Waals surface area contributed by atoms with E-state index in [-0.39, 0.29) is 0 Å². The van der Waals surface area contributed by atoms with E-state index < -0.39 is 10.8 Å². The highest BCUT2D eigenvalue weighted by Crippen LogP contribution is 2.18. The van der Waals surface area contributed by atoms with Crippen LogP contribution in [-0.4, -0.2) is 22.3 Å². The van der Waals surface area contributed by atoms with Crippen LogP contribution in [0.4, 0.5) is 0 Å². The highest BCUT2D eigenvalue weighted by atomic mass is 79.9. The Morgan fingerprint density at radius 3 is 2.71 bits per heavy atom. The van der Waals surface area contributed by atoms with Gasteiger partial charge in [0.25, 0.3) is 0 Å². The van der Waals surface area contributed by atoms with Crippen LogP contribution in [0.25, 0.3) is 0 Å². The fraction of sp³-hybridized carbons (Fsp3) is 0.538. The van der Waals surface area contributed by atoms with Gasteiger partial charge in [0, 0.05) is 39.4 Å². The molecule has 0 radical (unpaired) electrons. The second-order valence-electron chi connectivity index (χ2n) is 4.41. The standard InChI is InChI=1S/C13H20BrNOS/c1-10(7-8-17(3)16)15-11(2)12-5-4-6-13(14)9-12/h4-6,9-11,15H,7-8H2,1-3H3. The van der Waals surface area contributed by atoms with Crippen molar-refractivity contribution in [3.8, 4) is 0 Å². The summed E-state index contributed by atoms with van der Waals surface area (Å²) in [7, 11) is -0.697. The first kappa shape index (κ1) is 14.9. The molecule has 17 heavy (non-hydrogen) atoms. The third-order valence-corrected chi connectivity index (χ3v) is 4.03. The fourth-order valence-electron chi connectivity index (χ4n) is 1.73. The van der Waals surface area contributed by atoms with E-state index in [1.807, 2.05) is 12.1 Å². The molecule has 3 atom stereocenters. The molecular weight excluding hydrogens is 298 g/mol. The van der Waals surface area contributed by atoms with Crippen molar-refractivity contribution in [3.63, 3.8) is 0 Å². The zero-order chi connectivity index (χ0) is 12.8. The molecule has 2 nitrogen and oxygen atoms in total. The second kappa shape index (κ2) is 7.29. The molecule has 3 unspecified atom stereocenters. The second-order valence-corrected chi connectivity index (χ2v) is 6.88. The van der Waals surface area contributed by atoms with Gasteiger partial charge in [-0.3, -0.25) is 4.21 Å². The van der Waals surface area contributed by atoms with Crippen LogP contribution in [-0.2, 0) is 10.8 Å². The molecule has 0 aliphatic carbocycles. The van der Waals surface area contributed by atoms with E-state index in [0.29, 0.717) is 12.1 Å². The van der Waals surface area contributed by atoms with Crippen molar-refractivity contribution in [1.82, 2.24) is 5.32 Å². The number of halogens is 1. The maximum atomic E-state index is 11.0. The van der Waals surface area contributed by atoms with Gasteiger partial charge >= 0.3 is 0 Å². The summed E-state index contributed by atoms with van der Waals surface area (Å²) in [6.07, 6.45) is 2.70. The molecule has 0 heterocycles. The smallest absolute Gasteiger partial charge is 0.0294 e. The number of rotatable bonds is 6. The molecule has 0 amide bonds. The lowest BCUT2D eigenvalue weighted by atomic mass is 10.1. The molecule has 4 heteroatoms. The SMILES string of the molecule is CC(CCS(C)=O)NC(C)c1cccc(Br)c1. The van der Waals surface area contributed by atoms with Crippen LogP contribution in [0.3, 0.4) is 0 Å². The molecular formula is C13H20BrNOS. The number of nitrogens with one attached hydrogen (secondary N) is 1. The van der Waals surface area contributed by atoms with Gasteiger partial charge in [0.05, 0.1) is 0 Å². The minimum atomic E-state index is -0.697. The molecule has 0 aliphatic heterocycles. The Bertz CT molecular complexity index is 383. The van der Waals surface area contributed by atoms with Gasteiger partial charge in [-0.1, -0.05) is 28.1 Å². The van der Waals surface area contributed by atoms with Gasteiger partial charge in [0.1, 0.15) is 0 Å². The van der Waals surface area contributed by atoms with Crippen LogP contribution >= 0.6 is 15.9 Å². The number of hydrogen-bond donors (Lipinski definition) is 1. The molecule has 0 aliphatic rings. The molecule has 0 saturated carbocycles. The van der Waals surface area contributed by atoms with Crippen LogP contribution in [0.2, 0.25) is 0 Å². The molecule has 0 fully saturated rings. The first-order valence-electron chi connectivity index (χ1n) is 5.80. The van der Waals surface area contributed by atoms with Crippen molar-refractivity contribution >= 4 is 26.7 Å². The summed E-state index contributed by atoms with van der Waals surface area (Å²) in [6.45, 7) is 4.29. The van der Waals surface area contributed by atoms with Crippen molar-refractivity contribution in [1.29, 1.82) is 0 Å². The lowest BCUT2D eigenvalue weighted by Gasteiger charge is -2.20. The van der Waals surface area contributed by atoms with Crippen LogP contribution in [0, 0.1) is 0 Å². The summed E-state index contributed by atoms with van der Waals surface area (Å²) in [5, 5.41) is 3.52. The van der Waals surface area contributed by atoms with Crippen LogP contribution in [0.5, 0.6) is 0 Å². The zero-order valence-corrected chi connectivity index (χ0v) is 13.0. The molecule has 1 N–H and O–H groups in total. The molecule has 96 valence electrons. The van der Waals surface area contributed by atoms with Gasteiger partial charge in [-0.05, 0) is 38.0 Å². The quantitative estimate of drug-likeness (QED) is 0.872. The van der Waals surface area contributed by atoms with Crippen LogP contribution in [0.15, 0.2) is 28.7 Å². The maximum absolute atomic E-state index is 11.0. The molecule has 1 aromatic rings. The monoisotopic (exact) mass is 317 g/mol. The average molecular weight is 318 g/mol. The minimum absolute atomic E-state index is 0.313. The highest BCUT2D eigenvalue weighted by Gasteiger charge is 2.09. The van der Waals surface area contributed by atoms with E-state index in [9.17, 15) is 4.21 Å². The lowest BCUT2D eigenvalue weighted by Crippen LogP contribution is -2.30. The van der Waals surface area contributed by atoms with Crippen molar-refractivity contribution in [2.24, 2.45) is 0 Å². The Hall–Kier alpha value is -0.190. The van der Waals surface area contributed by atoms with E-state index >= 15 is 0 Å². The normalized spacial score (nSPS) is 16.5. The predicted octanol–water partition coefficient (Wildman–Crippen LogP) is 3.26. The molecule has 0 aromatic heterocycles. The van der Waals surface area contributed by atoms with Crippen LogP contribution < -0.4 is 5.32 Å². The summed E-state index contributed by atoms with van der Waals surface area (Å²) < 4.78 is 12.1. The summed E-state index contributed by atoms with van der Waals surface area (Å²) >= 11 is 3.48. The minimum Gasteiger partial charge on any atom is -0.308 e. The Morgan fingerprint density at radius 2 is 2.12 bits per heavy atom. The van der Waals surface area contributed by atoms with E-state index in [1.165, 1.54) is 5.56 Å². The van der Waals surface area contributed by atoms with E-state index in [2.05, 4.69) is 47.2 Å². The Kier molecular flexibility index (Phi) is 6.38. The molecule has 0 spiro atoms. The van der Waals surface area contributed by atoms with Crippen molar-refractivity contribution < 1.29 is 4.21 Å². The predicted molar refractivity (Wildman–Crippen MR) is 78.7 cm³/mol. The van der Waals surface area contributed by atoms with Gasteiger partial charge in [0.15, 0.2) is 0 Å². The summed E-state index contributed by atoms with van der Waals surface area (Å²) in [6, 6.07) is 9.01. The Labute approximate surface area is 115 Å². The molecule has 1 aromatic carbocycles. The van der Waals surface area contributed by atoms with Crippen molar-refractivity contribution in [2.45, 2.75) is 32.4 Å². The molecule has 0 saturated heterocycles. The first-order chi connectivity index (χ1) is 7.99. The van der Waals surface area contributed by atoms with Crippen LogP contribution in [0.1, 0.15) is 31.9 Å². The van der Waals surface area contributed by atoms with Gasteiger partial charge in [-0.2, -0.15) is 0 Å². The topological polar surface area (TPSA) is 29.1 Å². The highest BCUT2D eigenvalue weighted by molar-refractivity contribution is 9.10. The molecule has 1 rings (SSSR count). The Balaban J connectivity index is 2.48. The van der Waals surface area contributed by atoms with Crippen molar-refractivity contribution in [3.05, 3.63) is 34.3 Å². The zero-order valence-electron chi connectivity index (χ0n) is 10.6. The largest absolute Gasteiger partial charge is 0.308 e. The summed E-state index contributed by atoms with van der Waals surface area (Å²) in [5.74, 6) is 0.763. The maximum Gasteiger partial charge on any atom is 0.0294 e. The molecule has 0 bridgehead atoms. The fourth-order valence-corrected chi connectivity index (χ4v) is 2.83. The van der Waals surface area contributed by atoms with Gasteiger partial charge in [0.2, 0.25) is 0 Å². The third-order valence-electron chi connectivity index (χ3n) is 2.72. The van der Waals surface area contributed by atoms with E-state index in [4.69, 9.17) is 0 Å². The van der Waals surface area contributed by atoms with Crippen molar-refractivity contribution in [2.75, 3.05) is 12.0 Å². The lowest BCUT2D eigenvalue weighted by molar-refractivity contribution is 0.470. The average Bonchev–Trinajstić information content (AvgIpc) is 2.26. The van der Waals surface area contributed by atoms with Gasteiger partial charge in [-0.25, -0.2) is 0 Å². The number of hydrogen-bond acceptors (Lipinski definition) is 2. The van der Waals surface area contributed by atoms with E-state index in [0.717, 1.165) is 16.6 Å². The van der Waals surface area contributed by atoms with Gasteiger partial charge in [-0.15, -0.1) is 0 Å². The summed E-state index contributed by atoms with van der Waals surface area (Å²) in [4.78, 5) is 0. The number of benzene rings is 1.